The Morgan fingerprint density at radius 3 is 2.47 bits per heavy atom. The summed E-state index contributed by atoms with van der Waals surface area (Å²) >= 11 is 0. The first kappa shape index (κ1) is 22.2. The predicted octanol–water partition coefficient (Wildman–Crippen LogP) is 5.10. The zero-order chi connectivity index (χ0) is 24.1. The second-order valence-corrected chi connectivity index (χ2v) is 9.06. The monoisotopic (exact) mass is 461 g/mol. The molecule has 0 aliphatic heterocycles. The molecule has 0 spiro atoms. The number of hydrogen-bond donors (Lipinski definition) is 2. The largest absolute Gasteiger partial charge is 0.390 e. The quantitative estimate of drug-likeness (QED) is 0.444. The summed E-state index contributed by atoms with van der Waals surface area (Å²) in [5.41, 5.74) is 4.17. The first-order valence-electron chi connectivity index (χ1n) is 11.3. The number of pyridine rings is 1. The van der Waals surface area contributed by atoms with Gasteiger partial charge in [-0.1, -0.05) is 44.2 Å². The third kappa shape index (κ3) is 3.47. The SMILES string of the molecule is Cc1nn2c(C(C)C)c(C(=O)N[C@@H]3c4ccccc4C[C@H]3O)ccc2c1-c1c(F)cccc1F. The van der Waals surface area contributed by atoms with Crippen LogP contribution in [0.15, 0.2) is 54.6 Å². The summed E-state index contributed by atoms with van der Waals surface area (Å²) in [6.45, 7) is 5.57. The molecule has 2 aromatic heterocycles. The lowest BCUT2D eigenvalue weighted by molar-refractivity contribution is 0.0856. The highest BCUT2D eigenvalue weighted by atomic mass is 19.1. The van der Waals surface area contributed by atoms with Gasteiger partial charge in [-0.15, -0.1) is 0 Å². The van der Waals surface area contributed by atoms with Crippen LogP contribution < -0.4 is 5.32 Å². The maximum absolute atomic E-state index is 14.6. The molecule has 34 heavy (non-hydrogen) atoms. The lowest BCUT2D eigenvalue weighted by Crippen LogP contribution is -2.34. The molecule has 5 nitrogen and oxygen atoms in total. The molecule has 2 heterocycles. The third-order valence-electron chi connectivity index (χ3n) is 6.50. The van der Waals surface area contributed by atoms with Gasteiger partial charge in [0.25, 0.3) is 5.91 Å². The topological polar surface area (TPSA) is 66.6 Å². The van der Waals surface area contributed by atoms with Gasteiger partial charge in [-0.25, -0.2) is 13.3 Å². The van der Waals surface area contributed by atoms with Gasteiger partial charge in [0.2, 0.25) is 0 Å². The van der Waals surface area contributed by atoms with Crippen LogP contribution in [0.25, 0.3) is 16.6 Å². The van der Waals surface area contributed by atoms with Crippen LogP contribution >= 0.6 is 0 Å². The Morgan fingerprint density at radius 2 is 1.76 bits per heavy atom. The lowest BCUT2D eigenvalue weighted by atomic mass is 9.99. The van der Waals surface area contributed by atoms with Gasteiger partial charge in [0.15, 0.2) is 0 Å². The number of aryl methyl sites for hydroxylation is 1. The Balaban J connectivity index is 1.61. The lowest BCUT2D eigenvalue weighted by Gasteiger charge is -2.20. The number of aliphatic hydroxyl groups is 1. The number of nitrogens with zero attached hydrogens (tertiary/aromatic N) is 2. The fraction of sp³-hybridized carbons (Fsp3) is 0.259. The highest BCUT2D eigenvalue weighted by Gasteiger charge is 2.33. The van der Waals surface area contributed by atoms with E-state index >= 15 is 0 Å². The minimum atomic E-state index is -0.713. The molecular weight excluding hydrogens is 436 g/mol. The first-order chi connectivity index (χ1) is 16.3. The molecule has 2 atom stereocenters. The maximum atomic E-state index is 14.6. The number of hydrogen-bond acceptors (Lipinski definition) is 3. The minimum absolute atomic E-state index is 0.108. The zero-order valence-corrected chi connectivity index (χ0v) is 19.1. The molecule has 0 unspecified atom stereocenters. The number of amides is 1. The van der Waals surface area contributed by atoms with Crippen molar-refractivity contribution in [3.63, 3.8) is 0 Å². The van der Waals surface area contributed by atoms with Crippen LogP contribution in [0.2, 0.25) is 0 Å². The minimum Gasteiger partial charge on any atom is -0.390 e. The normalized spacial score (nSPS) is 17.4. The van der Waals surface area contributed by atoms with Crippen molar-refractivity contribution in [3.8, 4) is 11.1 Å². The highest BCUT2D eigenvalue weighted by molar-refractivity contribution is 5.97. The van der Waals surface area contributed by atoms with Gasteiger partial charge in [0, 0.05) is 12.0 Å². The van der Waals surface area contributed by atoms with E-state index in [0.29, 0.717) is 34.5 Å². The number of halogens is 2. The molecule has 2 aromatic carbocycles. The van der Waals surface area contributed by atoms with Gasteiger partial charge in [0.1, 0.15) is 11.6 Å². The molecule has 0 saturated heterocycles. The number of aromatic nitrogens is 2. The smallest absolute Gasteiger partial charge is 0.253 e. The van der Waals surface area contributed by atoms with Crippen LogP contribution in [0.5, 0.6) is 0 Å². The Bertz CT molecular complexity index is 1410. The van der Waals surface area contributed by atoms with Gasteiger partial charge in [-0.3, -0.25) is 4.79 Å². The van der Waals surface area contributed by atoms with Crippen molar-refractivity contribution in [1.29, 1.82) is 0 Å². The average molecular weight is 462 g/mol. The Labute approximate surface area is 196 Å². The van der Waals surface area contributed by atoms with Gasteiger partial charge < -0.3 is 10.4 Å². The molecule has 0 radical (unpaired) electrons. The van der Waals surface area contributed by atoms with Crippen molar-refractivity contribution in [2.75, 3.05) is 0 Å². The van der Waals surface area contributed by atoms with E-state index in [0.717, 1.165) is 11.1 Å². The molecule has 174 valence electrons. The predicted molar refractivity (Wildman–Crippen MR) is 126 cm³/mol. The summed E-state index contributed by atoms with van der Waals surface area (Å²) in [6, 6.07) is 14.2. The van der Waals surface area contributed by atoms with Crippen molar-refractivity contribution < 1.29 is 18.7 Å². The fourth-order valence-corrected chi connectivity index (χ4v) is 5.00. The standard InChI is InChI=1S/C27H25F2N3O2/c1-14(2)26-18(27(34)30-25-17-8-5-4-7-16(17)13-22(25)33)11-12-21-23(15(3)31-32(21)26)24-19(28)9-6-10-20(24)29/h4-12,14,22,25,33H,13H2,1-3H3,(H,30,34)/t22-,25-/m1/s1. The van der Waals surface area contributed by atoms with E-state index in [-0.39, 0.29) is 17.4 Å². The van der Waals surface area contributed by atoms with Crippen molar-refractivity contribution in [2.24, 2.45) is 0 Å². The van der Waals surface area contributed by atoms with Crippen LogP contribution in [-0.4, -0.2) is 26.7 Å². The molecule has 0 saturated carbocycles. The van der Waals surface area contributed by atoms with Crippen molar-refractivity contribution >= 4 is 11.4 Å². The van der Waals surface area contributed by atoms with E-state index in [1.807, 2.05) is 38.1 Å². The van der Waals surface area contributed by atoms with E-state index in [4.69, 9.17) is 0 Å². The number of nitrogens with one attached hydrogen (secondary N) is 1. The maximum Gasteiger partial charge on any atom is 0.253 e. The fourth-order valence-electron chi connectivity index (χ4n) is 5.00. The average Bonchev–Trinajstić information content (AvgIpc) is 3.28. The van der Waals surface area contributed by atoms with Gasteiger partial charge in [-0.2, -0.15) is 5.10 Å². The summed E-state index contributed by atoms with van der Waals surface area (Å²) in [4.78, 5) is 13.4. The first-order valence-corrected chi connectivity index (χ1v) is 11.3. The number of rotatable bonds is 4. The Morgan fingerprint density at radius 1 is 1.06 bits per heavy atom. The molecule has 7 heteroatoms. The molecule has 2 N–H and O–H groups in total. The molecular formula is C27H25F2N3O2. The van der Waals surface area contributed by atoms with Gasteiger partial charge in [0.05, 0.1) is 40.2 Å². The number of aliphatic hydroxyl groups excluding tert-OH is 1. The van der Waals surface area contributed by atoms with Crippen LogP contribution in [0, 0.1) is 18.6 Å². The van der Waals surface area contributed by atoms with E-state index in [1.54, 1.807) is 23.6 Å². The van der Waals surface area contributed by atoms with E-state index in [2.05, 4.69) is 10.4 Å². The van der Waals surface area contributed by atoms with Crippen molar-refractivity contribution in [1.82, 2.24) is 14.9 Å². The van der Waals surface area contributed by atoms with E-state index < -0.39 is 23.8 Å². The highest BCUT2D eigenvalue weighted by Crippen LogP contribution is 2.36. The molecule has 1 aliphatic rings. The summed E-state index contributed by atoms with van der Waals surface area (Å²) in [7, 11) is 0. The third-order valence-corrected chi connectivity index (χ3v) is 6.50. The van der Waals surface area contributed by atoms with E-state index in [9.17, 15) is 18.7 Å². The van der Waals surface area contributed by atoms with Crippen LogP contribution in [0.1, 0.15) is 58.7 Å². The van der Waals surface area contributed by atoms with Gasteiger partial charge >= 0.3 is 0 Å². The summed E-state index contributed by atoms with van der Waals surface area (Å²) in [5, 5.41) is 18.1. The summed E-state index contributed by atoms with van der Waals surface area (Å²) in [5.74, 6) is -1.78. The molecule has 1 aliphatic carbocycles. The summed E-state index contributed by atoms with van der Waals surface area (Å²) in [6.07, 6.45) is -0.234. The Hall–Kier alpha value is -3.58. The second kappa shape index (κ2) is 8.33. The van der Waals surface area contributed by atoms with E-state index in [1.165, 1.54) is 18.2 Å². The summed E-state index contributed by atoms with van der Waals surface area (Å²) < 4.78 is 30.8. The number of carbonyl (C=O) groups is 1. The van der Waals surface area contributed by atoms with Crippen LogP contribution in [-0.2, 0) is 6.42 Å². The number of benzene rings is 2. The molecule has 5 rings (SSSR count). The molecule has 0 fully saturated rings. The molecule has 1 amide bonds. The van der Waals surface area contributed by atoms with Crippen molar-refractivity contribution in [2.45, 2.75) is 45.3 Å². The van der Waals surface area contributed by atoms with Crippen molar-refractivity contribution in [3.05, 3.63) is 94.3 Å². The van der Waals surface area contributed by atoms with Gasteiger partial charge in [-0.05, 0) is 48.2 Å². The zero-order valence-electron chi connectivity index (χ0n) is 19.1. The molecule has 4 aromatic rings. The second-order valence-electron chi connectivity index (χ2n) is 9.06. The molecule has 0 bridgehead atoms. The number of fused-ring (bicyclic) bond motifs is 2. The Kier molecular flexibility index (Phi) is 5.44. The van der Waals surface area contributed by atoms with Crippen LogP contribution in [0.3, 0.4) is 0 Å². The van der Waals surface area contributed by atoms with Crippen LogP contribution in [0.4, 0.5) is 8.78 Å². The number of carbonyl (C=O) groups excluding carboxylic acids is 1.